The summed E-state index contributed by atoms with van der Waals surface area (Å²) in [6.45, 7) is 8.28. The van der Waals surface area contributed by atoms with E-state index in [0.29, 0.717) is 6.42 Å². The Morgan fingerprint density at radius 3 is 1.96 bits per heavy atom. The first-order valence-electron chi connectivity index (χ1n) is 8.33. The van der Waals surface area contributed by atoms with Crippen LogP contribution in [0, 0.1) is 0 Å². The second-order valence-electron chi connectivity index (χ2n) is 6.30. The van der Waals surface area contributed by atoms with Gasteiger partial charge in [0.15, 0.2) is 0 Å². The predicted molar refractivity (Wildman–Crippen MR) is 97.5 cm³/mol. The number of carboxylic acid groups (broad SMARTS) is 1. The van der Waals surface area contributed by atoms with Crippen LogP contribution in [0.3, 0.4) is 0 Å². The van der Waals surface area contributed by atoms with Crippen LogP contribution in [0.2, 0.25) is 0 Å². The Morgan fingerprint density at radius 1 is 0.826 bits per heavy atom. The van der Waals surface area contributed by atoms with Crippen molar-refractivity contribution in [3.8, 4) is 0 Å². The average molecular weight is 320 g/mol. The van der Waals surface area contributed by atoms with E-state index in [0.717, 1.165) is 43.3 Å². The van der Waals surface area contributed by atoms with E-state index in [2.05, 4.69) is 32.9 Å². The van der Waals surface area contributed by atoms with Crippen LogP contribution in [-0.2, 0) is 4.79 Å². The molecule has 0 fully saturated rings. The molecule has 0 radical (unpaired) electrons. The third-order valence-corrected chi connectivity index (χ3v) is 3.59. The Kier molecular flexibility index (Phi) is 12.0. The molecule has 0 aromatic rings. The van der Waals surface area contributed by atoms with Crippen molar-refractivity contribution in [3.05, 3.63) is 46.6 Å². The van der Waals surface area contributed by atoms with E-state index in [9.17, 15) is 9.90 Å². The normalized spacial score (nSPS) is 13.2. The molecule has 2 N–H and O–H groups in total. The summed E-state index contributed by atoms with van der Waals surface area (Å²) in [7, 11) is 0. The minimum absolute atomic E-state index is 0.0757. The van der Waals surface area contributed by atoms with Crippen LogP contribution in [0.5, 0.6) is 0 Å². The van der Waals surface area contributed by atoms with Crippen molar-refractivity contribution < 1.29 is 15.0 Å². The van der Waals surface area contributed by atoms with Gasteiger partial charge in [-0.3, -0.25) is 0 Å². The lowest BCUT2D eigenvalue weighted by Crippen LogP contribution is -1.92. The van der Waals surface area contributed by atoms with E-state index in [-0.39, 0.29) is 6.61 Å². The molecule has 0 saturated carbocycles. The van der Waals surface area contributed by atoms with E-state index in [4.69, 9.17) is 5.11 Å². The van der Waals surface area contributed by atoms with Gasteiger partial charge in [-0.1, -0.05) is 34.9 Å². The molecule has 0 amide bonds. The predicted octanol–water partition coefficient (Wildman–Crippen LogP) is 5.19. The Hall–Kier alpha value is -1.61. The first-order chi connectivity index (χ1) is 10.8. The van der Waals surface area contributed by atoms with Gasteiger partial charge in [-0.25, -0.2) is 4.79 Å². The summed E-state index contributed by atoms with van der Waals surface area (Å²) >= 11 is 0. The zero-order chi connectivity index (χ0) is 17.7. The molecule has 0 spiro atoms. The third kappa shape index (κ3) is 13.8. The Balaban J connectivity index is 4.20. The minimum Gasteiger partial charge on any atom is -0.478 e. The van der Waals surface area contributed by atoms with Gasteiger partial charge in [0.05, 0.1) is 6.61 Å². The fourth-order valence-corrected chi connectivity index (χ4v) is 2.23. The Morgan fingerprint density at radius 2 is 1.39 bits per heavy atom. The topological polar surface area (TPSA) is 57.5 Å². The monoisotopic (exact) mass is 320 g/mol. The molecule has 23 heavy (non-hydrogen) atoms. The molecule has 3 nitrogen and oxygen atoms in total. The van der Waals surface area contributed by atoms with Crippen molar-refractivity contribution in [1.82, 2.24) is 0 Å². The van der Waals surface area contributed by atoms with Crippen LogP contribution < -0.4 is 0 Å². The summed E-state index contributed by atoms with van der Waals surface area (Å²) in [5.41, 5.74) is 4.62. The lowest BCUT2D eigenvalue weighted by molar-refractivity contribution is -0.131. The first-order valence-corrected chi connectivity index (χ1v) is 8.33. The quantitative estimate of drug-likeness (QED) is 0.407. The van der Waals surface area contributed by atoms with E-state index < -0.39 is 5.97 Å². The highest BCUT2D eigenvalue weighted by Gasteiger charge is 1.98. The highest BCUT2D eigenvalue weighted by atomic mass is 16.4. The molecule has 0 atom stereocenters. The van der Waals surface area contributed by atoms with Crippen LogP contribution >= 0.6 is 0 Å². The van der Waals surface area contributed by atoms with Crippen LogP contribution in [0.4, 0.5) is 0 Å². The molecule has 0 heterocycles. The van der Waals surface area contributed by atoms with Crippen molar-refractivity contribution >= 4 is 5.97 Å². The molecule has 0 bridgehead atoms. The second-order valence-corrected chi connectivity index (χ2v) is 6.30. The van der Waals surface area contributed by atoms with Crippen LogP contribution in [-0.4, -0.2) is 22.8 Å². The van der Waals surface area contributed by atoms with Gasteiger partial charge in [-0.05, 0) is 71.8 Å². The van der Waals surface area contributed by atoms with Gasteiger partial charge in [0, 0.05) is 6.08 Å². The van der Waals surface area contributed by atoms with Gasteiger partial charge in [-0.15, -0.1) is 0 Å². The van der Waals surface area contributed by atoms with Gasteiger partial charge in [0.1, 0.15) is 0 Å². The number of carbonyl (C=O) groups is 1. The Labute approximate surface area is 141 Å². The Bertz CT molecular complexity index is 475. The summed E-state index contributed by atoms with van der Waals surface area (Å²) in [5.74, 6) is -0.900. The van der Waals surface area contributed by atoms with Gasteiger partial charge in [-0.2, -0.15) is 0 Å². The molecule has 0 aliphatic carbocycles. The second kappa shape index (κ2) is 12.9. The lowest BCUT2D eigenvalue weighted by atomic mass is 10.0. The van der Waals surface area contributed by atoms with Crippen LogP contribution in [0.25, 0.3) is 0 Å². The molecule has 3 heteroatoms. The summed E-state index contributed by atoms with van der Waals surface area (Å²) in [6, 6.07) is 0. The number of rotatable bonds is 11. The molecule has 0 aromatic carbocycles. The SMILES string of the molecule is CC(C)=CCC/C(C)=C/CC/C(=C\CC/C(C)=C\C(=O)O)CO. The van der Waals surface area contributed by atoms with Crippen molar-refractivity contribution in [2.45, 2.75) is 66.2 Å². The van der Waals surface area contributed by atoms with E-state index >= 15 is 0 Å². The van der Waals surface area contributed by atoms with Crippen molar-refractivity contribution in [1.29, 1.82) is 0 Å². The maximum absolute atomic E-state index is 10.5. The number of allylic oxidation sites excluding steroid dienone is 6. The van der Waals surface area contributed by atoms with E-state index in [1.165, 1.54) is 17.2 Å². The standard InChI is InChI=1S/C20H32O3/c1-16(2)8-5-9-17(3)10-6-12-19(15-21)13-7-11-18(4)14-20(22)23/h8,10,13-14,21H,5-7,9,11-12,15H2,1-4H3,(H,22,23)/b17-10+,18-14-,19-13+. The van der Waals surface area contributed by atoms with Gasteiger partial charge in [0.2, 0.25) is 0 Å². The molecular formula is C20H32O3. The molecule has 0 rings (SSSR count). The lowest BCUT2D eigenvalue weighted by Gasteiger charge is -2.04. The minimum atomic E-state index is -0.900. The van der Waals surface area contributed by atoms with Gasteiger partial charge in [0.25, 0.3) is 0 Å². The average Bonchev–Trinajstić information content (AvgIpc) is 2.44. The smallest absolute Gasteiger partial charge is 0.328 e. The molecule has 0 aliphatic rings. The largest absolute Gasteiger partial charge is 0.478 e. The fourth-order valence-electron chi connectivity index (χ4n) is 2.23. The van der Waals surface area contributed by atoms with Crippen molar-refractivity contribution in [2.24, 2.45) is 0 Å². The van der Waals surface area contributed by atoms with Gasteiger partial charge < -0.3 is 10.2 Å². The van der Waals surface area contributed by atoms with Gasteiger partial charge >= 0.3 is 5.97 Å². The highest BCUT2D eigenvalue weighted by Crippen LogP contribution is 2.13. The number of hydrogen-bond donors (Lipinski definition) is 2. The highest BCUT2D eigenvalue weighted by molar-refractivity contribution is 5.80. The van der Waals surface area contributed by atoms with Crippen LogP contribution in [0.15, 0.2) is 46.6 Å². The summed E-state index contributed by atoms with van der Waals surface area (Å²) < 4.78 is 0. The molecule has 0 aliphatic heterocycles. The molecule has 0 unspecified atom stereocenters. The van der Waals surface area contributed by atoms with Crippen molar-refractivity contribution in [2.75, 3.05) is 6.61 Å². The van der Waals surface area contributed by atoms with Crippen LogP contribution in [0.1, 0.15) is 66.2 Å². The fraction of sp³-hybridized carbons (Fsp3) is 0.550. The maximum atomic E-state index is 10.5. The number of aliphatic carboxylic acids is 1. The zero-order valence-electron chi connectivity index (χ0n) is 15.1. The number of aliphatic hydroxyl groups is 1. The first kappa shape index (κ1) is 21.4. The van der Waals surface area contributed by atoms with Crippen molar-refractivity contribution in [3.63, 3.8) is 0 Å². The summed E-state index contributed by atoms with van der Waals surface area (Å²) in [5, 5.41) is 18.1. The molecular weight excluding hydrogens is 288 g/mol. The molecule has 0 saturated heterocycles. The molecule has 130 valence electrons. The van der Waals surface area contributed by atoms with E-state index in [1.54, 1.807) is 0 Å². The molecule has 0 aromatic heterocycles. The number of hydrogen-bond acceptors (Lipinski definition) is 2. The zero-order valence-corrected chi connectivity index (χ0v) is 15.1. The summed E-state index contributed by atoms with van der Waals surface area (Å²) in [4.78, 5) is 10.5. The number of carboxylic acids is 1. The number of aliphatic hydroxyl groups excluding tert-OH is 1. The maximum Gasteiger partial charge on any atom is 0.328 e. The van der Waals surface area contributed by atoms with E-state index in [1.807, 2.05) is 13.0 Å². The third-order valence-electron chi connectivity index (χ3n) is 3.59. The summed E-state index contributed by atoms with van der Waals surface area (Å²) in [6.07, 6.45) is 13.2.